The van der Waals surface area contributed by atoms with Crippen LogP contribution in [0.5, 0.6) is 0 Å². The molecule has 1 aromatic carbocycles. The van der Waals surface area contributed by atoms with Crippen molar-refractivity contribution in [3.63, 3.8) is 0 Å². The second-order valence-electron chi connectivity index (χ2n) is 8.42. The van der Waals surface area contributed by atoms with Gasteiger partial charge in [0.05, 0.1) is 23.8 Å². The Morgan fingerprint density at radius 2 is 1.64 bits per heavy atom. The summed E-state index contributed by atoms with van der Waals surface area (Å²) in [4.78, 5) is 49.0. The predicted octanol–water partition coefficient (Wildman–Crippen LogP) is 4.41. The lowest BCUT2D eigenvalue weighted by Gasteiger charge is -2.37. The number of carbonyl (C=O) groups is 4. The van der Waals surface area contributed by atoms with Gasteiger partial charge in [-0.25, -0.2) is 4.79 Å². The van der Waals surface area contributed by atoms with Crippen molar-refractivity contribution in [1.82, 2.24) is 9.88 Å². The summed E-state index contributed by atoms with van der Waals surface area (Å²) in [5.41, 5.74) is 6.60. The number of carbonyl (C=O) groups excluding carboxylic acids is 4. The van der Waals surface area contributed by atoms with Gasteiger partial charge in [0.2, 0.25) is 0 Å². The van der Waals surface area contributed by atoms with Crippen LogP contribution in [0.15, 0.2) is 42.6 Å². The van der Waals surface area contributed by atoms with Crippen LogP contribution in [0.2, 0.25) is 0 Å². The van der Waals surface area contributed by atoms with Gasteiger partial charge in [-0.3, -0.25) is 19.4 Å². The van der Waals surface area contributed by atoms with Crippen LogP contribution in [0.3, 0.4) is 0 Å². The Morgan fingerprint density at radius 3 is 2.13 bits per heavy atom. The molecule has 2 N–H and O–H groups in total. The number of benzene rings is 1. The van der Waals surface area contributed by atoms with Gasteiger partial charge in [0.25, 0.3) is 0 Å². The molecule has 1 heterocycles. The molecule has 0 aliphatic heterocycles. The molecule has 2 unspecified atom stereocenters. The number of alkyl halides is 6. The monoisotopic (exact) mass is 581 g/mol. The summed E-state index contributed by atoms with van der Waals surface area (Å²) in [6.07, 6.45) is -6.98. The van der Waals surface area contributed by atoms with Crippen LogP contribution in [0.25, 0.3) is 0 Å². The van der Waals surface area contributed by atoms with E-state index < -0.39 is 53.6 Å². The number of fused-ring (bicyclic) bond motifs is 1. The Balaban J connectivity index is 0.000000411. The minimum absolute atomic E-state index is 0.104. The van der Waals surface area contributed by atoms with Crippen LogP contribution in [0.4, 0.5) is 26.3 Å². The molecule has 0 bridgehead atoms. The van der Waals surface area contributed by atoms with E-state index in [0.717, 1.165) is 29.8 Å². The summed E-state index contributed by atoms with van der Waals surface area (Å²) in [5.74, 6) is -3.38. The van der Waals surface area contributed by atoms with Gasteiger partial charge in [-0.2, -0.15) is 26.3 Å². The van der Waals surface area contributed by atoms with Crippen LogP contribution < -0.4 is 5.73 Å². The summed E-state index contributed by atoms with van der Waals surface area (Å²) in [6.45, 7) is 0.185. The molecule has 1 aromatic heterocycles. The highest BCUT2D eigenvalue weighted by molar-refractivity contribution is 6.80. The highest BCUT2D eigenvalue weighted by Gasteiger charge is 2.35. The van der Waals surface area contributed by atoms with Crippen molar-refractivity contribution >= 4 is 34.6 Å². The molecule has 0 fully saturated rings. The third kappa shape index (κ3) is 9.23. The topological polar surface area (TPSA) is 120 Å². The number of nitrogens with zero attached hydrogens (tertiary/aromatic N) is 2. The van der Waals surface area contributed by atoms with Crippen molar-refractivity contribution in [2.24, 2.45) is 5.73 Å². The number of ether oxygens (including phenoxy) is 1. The Labute approximate surface area is 223 Å². The van der Waals surface area contributed by atoms with E-state index in [4.69, 9.17) is 5.73 Å². The normalized spacial score (nSPS) is 16.7. The zero-order chi connectivity index (χ0) is 29.5. The van der Waals surface area contributed by atoms with Crippen LogP contribution in [0, 0.1) is 0 Å². The van der Waals surface area contributed by atoms with Gasteiger partial charge in [-0.1, -0.05) is 31.2 Å². The van der Waals surface area contributed by atoms with Gasteiger partial charge in [0.1, 0.15) is 0 Å². The van der Waals surface area contributed by atoms with Gasteiger partial charge in [0.15, 0.2) is 6.61 Å². The first-order chi connectivity index (χ1) is 18.0. The second kappa shape index (κ2) is 12.9. The summed E-state index contributed by atoms with van der Waals surface area (Å²) < 4.78 is 75.4. The molecule has 3 rings (SSSR count). The van der Waals surface area contributed by atoms with Crippen molar-refractivity contribution in [3.05, 3.63) is 65.0 Å². The van der Waals surface area contributed by atoms with E-state index in [1.165, 1.54) is 11.0 Å². The summed E-state index contributed by atoms with van der Waals surface area (Å²) in [5, 5.41) is -1.57. The standard InChI is InChI=1S/C20H20F3N3O2.C4H2ClF3O3/c1-12-6-9-17(16-5-3-2-4-15(12)16)26(19(28)18(24)27)11-14-8-7-13(10-25-14)20(21,22)23;5-2(9)3(10)11-1-4(6,7)8/h2-5,7-8,10,12,17H,6,9,11H2,1H3,(H2,24,27);1H2. The molecular weight excluding hydrogens is 560 g/mol. The first-order valence-electron chi connectivity index (χ1n) is 11.2. The molecule has 0 saturated heterocycles. The maximum Gasteiger partial charge on any atom is 0.422 e. The van der Waals surface area contributed by atoms with Crippen molar-refractivity contribution in [3.8, 4) is 0 Å². The van der Waals surface area contributed by atoms with Crippen molar-refractivity contribution in [1.29, 1.82) is 0 Å². The number of esters is 1. The average Bonchev–Trinajstić information content (AvgIpc) is 2.85. The van der Waals surface area contributed by atoms with Crippen LogP contribution in [0.1, 0.15) is 54.1 Å². The fourth-order valence-corrected chi connectivity index (χ4v) is 3.89. The number of hydrogen-bond donors (Lipinski definition) is 1. The van der Waals surface area contributed by atoms with Crippen LogP contribution in [-0.4, -0.2) is 45.7 Å². The fourth-order valence-electron chi connectivity index (χ4n) is 3.84. The molecule has 2 amide bonds. The third-order valence-electron chi connectivity index (χ3n) is 5.62. The molecule has 2 aromatic rings. The SMILES string of the molecule is CC1CCC(N(Cc2ccc(C(F)(F)F)cn2)C(=O)C(N)=O)c2ccccc21.O=C(Cl)C(=O)OCC(F)(F)F. The molecule has 0 radical (unpaired) electrons. The molecule has 0 saturated carbocycles. The van der Waals surface area contributed by atoms with E-state index in [2.05, 4.69) is 28.2 Å². The summed E-state index contributed by atoms with van der Waals surface area (Å²) in [6, 6.07) is 9.37. The van der Waals surface area contributed by atoms with E-state index in [1.54, 1.807) is 0 Å². The highest BCUT2D eigenvalue weighted by atomic mass is 35.5. The number of nitrogens with two attached hydrogens (primary N) is 1. The average molecular weight is 582 g/mol. The molecule has 39 heavy (non-hydrogen) atoms. The van der Waals surface area contributed by atoms with E-state index in [9.17, 15) is 45.5 Å². The van der Waals surface area contributed by atoms with Crippen LogP contribution in [-0.2, 0) is 36.6 Å². The van der Waals surface area contributed by atoms with E-state index in [-0.39, 0.29) is 12.2 Å². The molecule has 15 heteroatoms. The minimum Gasteiger partial charge on any atom is -0.449 e. The molecule has 8 nitrogen and oxygen atoms in total. The molecule has 0 spiro atoms. The predicted molar refractivity (Wildman–Crippen MR) is 124 cm³/mol. The Hall–Kier alpha value is -3.68. The zero-order valence-corrected chi connectivity index (χ0v) is 20.9. The largest absolute Gasteiger partial charge is 0.449 e. The first kappa shape index (κ1) is 31.5. The number of amides is 2. The Bertz CT molecular complexity index is 1200. The maximum absolute atomic E-state index is 12.7. The van der Waals surface area contributed by atoms with Gasteiger partial charge in [-0.05, 0) is 53.6 Å². The fraction of sp³-hybridized carbons (Fsp3) is 0.375. The highest BCUT2D eigenvalue weighted by Crippen LogP contribution is 2.40. The van der Waals surface area contributed by atoms with Crippen molar-refractivity contribution in [2.75, 3.05) is 6.61 Å². The lowest BCUT2D eigenvalue weighted by atomic mass is 9.80. The van der Waals surface area contributed by atoms with E-state index >= 15 is 0 Å². The molecule has 2 atom stereocenters. The van der Waals surface area contributed by atoms with Gasteiger partial charge in [0, 0.05) is 6.20 Å². The number of pyridine rings is 1. The molecule has 1 aliphatic carbocycles. The van der Waals surface area contributed by atoms with E-state index in [0.29, 0.717) is 12.3 Å². The second-order valence-corrected chi connectivity index (χ2v) is 8.76. The molecule has 1 aliphatic rings. The van der Waals surface area contributed by atoms with Gasteiger partial charge in [-0.15, -0.1) is 0 Å². The zero-order valence-electron chi connectivity index (χ0n) is 20.2. The Kier molecular flexibility index (Phi) is 10.4. The smallest absolute Gasteiger partial charge is 0.422 e. The lowest BCUT2D eigenvalue weighted by Crippen LogP contribution is -2.43. The molecule has 212 valence electrons. The number of hydrogen-bond acceptors (Lipinski definition) is 6. The summed E-state index contributed by atoms with van der Waals surface area (Å²) >= 11 is 4.48. The molecular formula is C24H22ClF6N3O5. The third-order valence-corrected chi connectivity index (χ3v) is 5.77. The quantitative estimate of drug-likeness (QED) is 0.242. The number of aromatic nitrogens is 1. The lowest BCUT2D eigenvalue weighted by molar-refractivity contribution is -0.185. The maximum atomic E-state index is 12.7. The van der Waals surface area contributed by atoms with Crippen molar-refractivity contribution < 1.29 is 50.3 Å². The van der Waals surface area contributed by atoms with E-state index in [1.807, 2.05) is 24.3 Å². The van der Waals surface area contributed by atoms with Crippen molar-refractivity contribution in [2.45, 2.75) is 50.6 Å². The number of rotatable bonds is 5. The number of halogens is 7. The first-order valence-corrected chi connectivity index (χ1v) is 11.5. The Morgan fingerprint density at radius 1 is 1.03 bits per heavy atom. The van der Waals surface area contributed by atoms with Crippen LogP contribution >= 0.6 is 11.6 Å². The van der Waals surface area contributed by atoms with Gasteiger partial charge < -0.3 is 15.4 Å². The van der Waals surface area contributed by atoms with Gasteiger partial charge >= 0.3 is 35.4 Å². The number of primary amides is 1. The minimum atomic E-state index is -4.64. The summed E-state index contributed by atoms with van der Waals surface area (Å²) in [7, 11) is 0.